The van der Waals surface area contributed by atoms with E-state index >= 15 is 0 Å². The molecular weight excluding hydrogens is 244 g/mol. The van der Waals surface area contributed by atoms with E-state index in [9.17, 15) is 0 Å². The smallest absolute Gasteiger partial charge is 0.0580 e. The zero-order chi connectivity index (χ0) is 14.7. The second-order valence-corrected chi connectivity index (χ2v) is 5.53. The Balaban J connectivity index is 2.49. The van der Waals surface area contributed by atoms with Crippen LogP contribution in [0.5, 0.6) is 0 Å². The van der Waals surface area contributed by atoms with Crippen molar-refractivity contribution in [3.8, 4) is 0 Å². The lowest BCUT2D eigenvalue weighted by atomic mass is 9.93. The van der Waals surface area contributed by atoms with Gasteiger partial charge in [0.25, 0.3) is 0 Å². The molecule has 0 spiro atoms. The number of pyridine rings is 1. The van der Waals surface area contributed by atoms with Gasteiger partial charge in [-0.15, -0.1) is 0 Å². The molecule has 0 fully saturated rings. The van der Waals surface area contributed by atoms with Crippen LogP contribution in [0.1, 0.15) is 46.6 Å². The molecule has 1 heterocycles. The van der Waals surface area contributed by atoms with Crippen LogP contribution in [0.15, 0.2) is 30.3 Å². The molecule has 1 N–H and O–H groups in total. The van der Waals surface area contributed by atoms with Gasteiger partial charge in [0, 0.05) is 11.4 Å². The van der Waals surface area contributed by atoms with Crippen LogP contribution >= 0.6 is 0 Å². The third kappa shape index (κ3) is 3.26. The second-order valence-electron chi connectivity index (χ2n) is 5.53. The minimum atomic E-state index is 0.237. The molecule has 0 bridgehead atoms. The van der Waals surface area contributed by atoms with Gasteiger partial charge >= 0.3 is 0 Å². The lowest BCUT2D eigenvalue weighted by Crippen LogP contribution is -2.23. The largest absolute Gasteiger partial charge is 0.307 e. The van der Waals surface area contributed by atoms with Gasteiger partial charge in [0.15, 0.2) is 0 Å². The summed E-state index contributed by atoms with van der Waals surface area (Å²) < 4.78 is 0. The number of nitrogens with one attached hydrogen (secondary N) is 1. The van der Waals surface area contributed by atoms with E-state index in [1.54, 1.807) is 0 Å². The summed E-state index contributed by atoms with van der Waals surface area (Å²) in [5.74, 6) is 0. The minimum absolute atomic E-state index is 0.237. The van der Waals surface area contributed by atoms with Crippen molar-refractivity contribution in [3.05, 3.63) is 64.0 Å². The first kappa shape index (κ1) is 14.7. The topological polar surface area (TPSA) is 24.9 Å². The summed E-state index contributed by atoms with van der Waals surface area (Å²) in [4.78, 5) is 4.48. The first-order valence-corrected chi connectivity index (χ1v) is 7.27. The summed E-state index contributed by atoms with van der Waals surface area (Å²) in [6.45, 7) is 11.5. The molecule has 0 saturated heterocycles. The number of aryl methyl sites for hydroxylation is 4. The van der Waals surface area contributed by atoms with E-state index in [0.29, 0.717) is 0 Å². The molecule has 1 aromatic heterocycles. The standard InChI is InChI=1S/C18H24N2/c1-6-19-18(16-10-14(4)20-15(5)11-16)17-8-7-12(2)9-13(17)3/h7-11,18-19H,6H2,1-5H3. The van der Waals surface area contributed by atoms with Crippen LogP contribution in [0.25, 0.3) is 0 Å². The molecule has 0 aliphatic carbocycles. The highest BCUT2D eigenvalue weighted by molar-refractivity contribution is 5.39. The minimum Gasteiger partial charge on any atom is -0.307 e. The zero-order valence-corrected chi connectivity index (χ0v) is 13.1. The van der Waals surface area contributed by atoms with Gasteiger partial charge in [0.2, 0.25) is 0 Å². The summed E-state index contributed by atoms with van der Waals surface area (Å²) >= 11 is 0. The van der Waals surface area contributed by atoms with Crippen molar-refractivity contribution >= 4 is 0 Å². The van der Waals surface area contributed by atoms with E-state index in [2.05, 4.69) is 75.3 Å². The Morgan fingerprint density at radius 3 is 2.20 bits per heavy atom. The Labute approximate surface area is 122 Å². The predicted molar refractivity (Wildman–Crippen MR) is 85.1 cm³/mol. The van der Waals surface area contributed by atoms with Crippen molar-refractivity contribution < 1.29 is 0 Å². The van der Waals surface area contributed by atoms with Gasteiger partial charge in [-0.1, -0.05) is 30.7 Å². The maximum Gasteiger partial charge on any atom is 0.0580 e. The van der Waals surface area contributed by atoms with E-state index < -0.39 is 0 Å². The number of nitrogens with zero attached hydrogens (tertiary/aromatic N) is 1. The Morgan fingerprint density at radius 2 is 1.65 bits per heavy atom. The maximum atomic E-state index is 4.48. The quantitative estimate of drug-likeness (QED) is 0.906. The van der Waals surface area contributed by atoms with Gasteiger partial charge in [0.05, 0.1) is 6.04 Å². The van der Waals surface area contributed by atoms with Gasteiger partial charge in [-0.3, -0.25) is 4.98 Å². The molecular formula is C18H24N2. The van der Waals surface area contributed by atoms with E-state index in [0.717, 1.165) is 17.9 Å². The summed E-state index contributed by atoms with van der Waals surface area (Å²) in [6, 6.07) is 11.3. The molecule has 2 heteroatoms. The fourth-order valence-electron chi connectivity index (χ4n) is 2.79. The Hall–Kier alpha value is -1.67. The van der Waals surface area contributed by atoms with Crippen molar-refractivity contribution in [2.24, 2.45) is 0 Å². The van der Waals surface area contributed by atoms with Gasteiger partial charge in [-0.25, -0.2) is 0 Å². The number of aromatic nitrogens is 1. The normalized spacial score (nSPS) is 12.4. The van der Waals surface area contributed by atoms with Crippen molar-refractivity contribution in [2.45, 2.75) is 40.7 Å². The molecule has 2 nitrogen and oxygen atoms in total. The van der Waals surface area contributed by atoms with E-state index in [-0.39, 0.29) is 6.04 Å². The van der Waals surface area contributed by atoms with Crippen molar-refractivity contribution in [3.63, 3.8) is 0 Å². The van der Waals surface area contributed by atoms with Gasteiger partial charge in [-0.05, 0) is 63.1 Å². The molecule has 1 aromatic carbocycles. The van der Waals surface area contributed by atoms with E-state index in [1.165, 1.54) is 22.3 Å². The predicted octanol–water partition coefficient (Wildman–Crippen LogP) is 4.01. The van der Waals surface area contributed by atoms with Crippen molar-refractivity contribution in [2.75, 3.05) is 6.54 Å². The summed E-state index contributed by atoms with van der Waals surface area (Å²) in [6.07, 6.45) is 0. The number of rotatable bonds is 4. The van der Waals surface area contributed by atoms with Crippen LogP contribution in [0.2, 0.25) is 0 Å². The third-order valence-electron chi connectivity index (χ3n) is 3.58. The molecule has 1 atom stereocenters. The maximum absolute atomic E-state index is 4.48. The molecule has 0 aliphatic rings. The van der Waals surface area contributed by atoms with Gasteiger partial charge in [0.1, 0.15) is 0 Å². The zero-order valence-electron chi connectivity index (χ0n) is 13.1. The highest BCUT2D eigenvalue weighted by Gasteiger charge is 2.16. The fourth-order valence-corrected chi connectivity index (χ4v) is 2.79. The summed E-state index contributed by atoms with van der Waals surface area (Å²) in [5.41, 5.74) is 7.44. The SMILES string of the molecule is CCNC(c1cc(C)nc(C)c1)c1ccc(C)cc1C. The van der Waals surface area contributed by atoms with E-state index in [1.807, 2.05) is 0 Å². The second kappa shape index (κ2) is 6.19. The van der Waals surface area contributed by atoms with Crippen LogP contribution in [0.3, 0.4) is 0 Å². The highest BCUT2D eigenvalue weighted by Crippen LogP contribution is 2.26. The fraction of sp³-hybridized carbons (Fsp3) is 0.389. The van der Waals surface area contributed by atoms with Crippen LogP contribution in [-0.2, 0) is 0 Å². The lowest BCUT2D eigenvalue weighted by molar-refractivity contribution is 0.625. The number of hydrogen-bond acceptors (Lipinski definition) is 2. The average molecular weight is 268 g/mol. The average Bonchev–Trinajstić information content (AvgIpc) is 2.35. The monoisotopic (exact) mass is 268 g/mol. The van der Waals surface area contributed by atoms with Crippen molar-refractivity contribution in [1.82, 2.24) is 10.3 Å². The Bertz CT molecular complexity index is 582. The van der Waals surface area contributed by atoms with Crippen LogP contribution < -0.4 is 5.32 Å². The van der Waals surface area contributed by atoms with Crippen molar-refractivity contribution in [1.29, 1.82) is 0 Å². The molecule has 20 heavy (non-hydrogen) atoms. The van der Waals surface area contributed by atoms with Gasteiger partial charge < -0.3 is 5.32 Å². The van der Waals surface area contributed by atoms with Gasteiger partial charge in [-0.2, -0.15) is 0 Å². The lowest BCUT2D eigenvalue weighted by Gasteiger charge is -2.22. The molecule has 106 valence electrons. The molecule has 0 radical (unpaired) electrons. The first-order chi connectivity index (χ1) is 9.51. The highest BCUT2D eigenvalue weighted by atomic mass is 14.9. The molecule has 1 unspecified atom stereocenters. The molecule has 0 saturated carbocycles. The summed E-state index contributed by atoms with van der Waals surface area (Å²) in [7, 11) is 0. The van der Waals surface area contributed by atoms with Crippen LogP contribution in [0, 0.1) is 27.7 Å². The molecule has 0 amide bonds. The molecule has 0 aliphatic heterocycles. The number of benzene rings is 1. The Kier molecular flexibility index (Phi) is 4.56. The molecule has 2 aromatic rings. The summed E-state index contributed by atoms with van der Waals surface area (Å²) in [5, 5.41) is 3.60. The third-order valence-corrected chi connectivity index (χ3v) is 3.58. The molecule has 2 rings (SSSR count). The van der Waals surface area contributed by atoms with Crippen LogP contribution in [-0.4, -0.2) is 11.5 Å². The Morgan fingerprint density at radius 1 is 1.00 bits per heavy atom. The van der Waals surface area contributed by atoms with Crippen LogP contribution in [0.4, 0.5) is 0 Å². The first-order valence-electron chi connectivity index (χ1n) is 7.27. The van der Waals surface area contributed by atoms with E-state index in [4.69, 9.17) is 0 Å². The number of hydrogen-bond donors (Lipinski definition) is 1.